The second kappa shape index (κ2) is 11.4. The average Bonchev–Trinajstić information content (AvgIpc) is 2.89. The van der Waals surface area contributed by atoms with Crippen molar-refractivity contribution in [3.8, 4) is 34.5 Å². The first kappa shape index (κ1) is 25.6. The third-order valence-corrected chi connectivity index (χ3v) is 13.0. The molecule has 1 radical (unpaired) electrons. The number of halogens is 1. The Morgan fingerprint density at radius 2 is 0.697 bits per heavy atom. The fourth-order valence-corrected chi connectivity index (χ4v) is 11.6. The fourth-order valence-electron chi connectivity index (χ4n) is 4.13. The first-order valence-corrected chi connectivity index (χ1v) is 18.8. The Hall–Kier alpha value is -1.99. The molecule has 0 aliphatic heterocycles. The summed E-state index contributed by atoms with van der Waals surface area (Å²) >= 11 is 1.33. The standard InChI is InChI=1S/C25H27O6.HI.Sb/c1-26-16-10-7-11-17(27-2)22(16)25(23-18(28-3)12-8-13-19(23)29-4)24-20(30-5)14-9-15-21(24)31-6;;/h7-15H,1-6H3;1H;/q;;+1/p-1. The predicted molar refractivity (Wildman–Crippen MR) is 138 cm³/mol. The van der Waals surface area contributed by atoms with Crippen molar-refractivity contribution in [3.63, 3.8) is 0 Å². The van der Waals surface area contributed by atoms with Crippen molar-refractivity contribution in [2.24, 2.45) is 0 Å². The summed E-state index contributed by atoms with van der Waals surface area (Å²) in [5.74, 6) is 4.18. The summed E-state index contributed by atoms with van der Waals surface area (Å²) in [5.41, 5.74) is 2.64. The molecule has 0 aliphatic carbocycles. The van der Waals surface area contributed by atoms with E-state index >= 15 is 0 Å². The van der Waals surface area contributed by atoms with Crippen LogP contribution in [0.25, 0.3) is 0 Å². The molecule has 0 aliphatic rings. The summed E-state index contributed by atoms with van der Waals surface area (Å²) in [4.78, 5) is 0. The topological polar surface area (TPSA) is 55.4 Å². The Labute approximate surface area is 215 Å². The van der Waals surface area contributed by atoms with Crippen LogP contribution < -0.4 is 28.4 Å². The second-order valence-electron chi connectivity index (χ2n) is 6.91. The van der Waals surface area contributed by atoms with Gasteiger partial charge in [0.05, 0.1) is 0 Å². The van der Waals surface area contributed by atoms with Crippen LogP contribution in [0, 0.1) is 0 Å². The van der Waals surface area contributed by atoms with E-state index < -0.39 is 21.0 Å². The van der Waals surface area contributed by atoms with Gasteiger partial charge in [-0.15, -0.1) is 0 Å². The van der Waals surface area contributed by atoms with Gasteiger partial charge in [0.2, 0.25) is 0 Å². The molecular formula is C25H27IO6Sb. The Morgan fingerprint density at radius 1 is 0.485 bits per heavy atom. The predicted octanol–water partition coefficient (Wildman–Crippen LogP) is 5.08. The van der Waals surface area contributed by atoms with Gasteiger partial charge in [0, 0.05) is 0 Å². The van der Waals surface area contributed by atoms with E-state index in [1.807, 2.05) is 54.6 Å². The van der Waals surface area contributed by atoms with Crippen molar-refractivity contribution >= 4 is 36.1 Å². The van der Waals surface area contributed by atoms with Crippen LogP contribution in [-0.4, -0.2) is 60.3 Å². The number of benzene rings is 3. The number of ether oxygens (including phenoxy) is 6. The second-order valence-corrected chi connectivity index (χ2v) is 12.5. The summed E-state index contributed by atoms with van der Waals surface area (Å²) in [7, 11) is 9.99. The monoisotopic (exact) mass is 671 g/mol. The molecule has 0 fully saturated rings. The number of hydrogen-bond acceptors (Lipinski definition) is 6. The maximum atomic E-state index is 5.91. The van der Waals surface area contributed by atoms with Crippen LogP contribution in [-0.2, 0) is 3.36 Å². The summed E-state index contributed by atoms with van der Waals surface area (Å²) in [5, 5.41) is 0. The first-order valence-electron chi connectivity index (χ1n) is 10.0. The quantitative estimate of drug-likeness (QED) is 0.170. The van der Waals surface area contributed by atoms with Gasteiger partial charge in [-0.3, -0.25) is 0 Å². The van der Waals surface area contributed by atoms with Crippen molar-refractivity contribution in [1.29, 1.82) is 0 Å². The van der Waals surface area contributed by atoms with Gasteiger partial charge in [0.15, 0.2) is 0 Å². The molecule has 0 atom stereocenters. The number of rotatable bonds is 10. The first-order chi connectivity index (χ1) is 16.1. The third-order valence-electron chi connectivity index (χ3n) is 5.50. The summed E-state index contributed by atoms with van der Waals surface area (Å²) in [6.07, 6.45) is 0. The molecule has 0 N–H and O–H groups in total. The zero-order chi connectivity index (χ0) is 24.0. The molecule has 0 saturated carbocycles. The van der Waals surface area contributed by atoms with Crippen molar-refractivity contribution in [3.05, 3.63) is 71.3 Å². The normalized spacial score (nSPS) is 11.0. The van der Waals surface area contributed by atoms with Crippen LogP contribution in [0.2, 0.25) is 0 Å². The van der Waals surface area contributed by atoms with E-state index in [1.165, 1.54) is 0 Å². The van der Waals surface area contributed by atoms with Crippen LogP contribution in [0.3, 0.4) is 0 Å². The average molecular weight is 672 g/mol. The molecule has 0 bridgehead atoms. The Kier molecular flexibility index (Phi) is 8.87. The molecule has 6 nitrogen and oxygen atoms in total. The van der Waals surface area contributed by atoms with Crippen molar-refractivity contribution in [2.75, 3.05) is 42.7 Å². The fraction of sp³-hybridized carbons (Fsp3) is 0.280. The molecule has 0 unspecified atom stereocenters. The zero-order valence-corrected chi connectivity index (χ0v) is 24.2. The van der Waals surface area contributed by atoms with Gasteiger partial charge in [0.25, 0.3) is 0 Å². The molecule has 0 heterocycles. The summed E-state index contributed by atoms with van der Waals surface area (Å²) < 4.78 is 34.7. The third kappa shape index (κ3) is 4.42. The van der Waals surface area contributed by atoms with Gasteiger partial charge >= 0.3 is 216 Å². The zero-order valence-electron chi connectivity index (χ0n) is 19.5. The molecule has 3 rings (SSSR count). The SMILES string of the molecule is COc1cccc(OC)c1[C]([Sb][I])(c1c(OC)cccc1OC)c1c(OC)cccc1OC. The van der Waals surface area contributed by atoms with Gasteiger partial charge in [0.1, 0.15) is 0 Å². The Morgan fingerprint density at radius 3 is 0.848 bits per heavy atom. The van der Waals surface area contributed by atoms with E-state index in [4.69, 9.17) is 28.4 Å². The molecule has 3 aromatic carbocycles. The van der Waals surface area contributed by atoms with Crippen LogP contribution in [0.15, 0.2) is 54.6 Å². The van der Waals surface area contributed by atoms with Gasteiger partial charge in [-0.2, -0.15) is 0 Å². The number of hydrogen-bond donors (Lipinski definition) is 0. The Balaban J connectivity index is 2.68. The minimum absolute atomic E-state index is 0.697. The van der Waals surface area contributed by atoms with E-state index in [1.54, 1.807) is 42.7 Å². The Bertz CT molecular complexity index is 903. The molecule has 33 heavy (non-hydrogen) atoms. The van der Waals surface area contributed by atoms with Gasteiger partial charge < -0.3 is 0 Å². The van der Waals surface area contributed by atoms with Gasteiger partial charge in [-0.25, -0.2) is 0 Å². The van der Waals surface area contributed by atoms with E-state index in [2.05, 4.69) is 18.5 Å². The van der Waals surface area contributed by atoms with Crippen LogP contribution in [0.1, 0.15) is 16.7 Å². The van der Waals surface area contributed by atoms with E-state index in [9.17, 15) is 0 Å². The van der Waals surface area contributed by atoms with Crippen LogP contribution in [0.4, 0.5) is 0 Å². The van der Waals surface area contributed by atoms with E-state index in [0.717, 1.165) is 16.7 Å². The van der Waals surface area contributed by atoms with E-state index in [-0.39, 0.29) is 0 Å². The summed E-state index contributed by atoms with van der Waals surface area (Å²) in [6, 6.07) is 17.4. The maximum absolute atomic E-state index is 5.91. The molecule has 0 amide bonds. The molecular weight excluding hydrogens is 645 g/mol. The van der Waals surface area contributed by atoms with Crippen molar-refractivity contribution < 1.29 is 28.4 Å². The molecule has 0 spiro atoms. The molecule has 3 aromatic rings. The van der Waals surface area contributed by atoms with E-state index in [0.29, 0.717) is 34.5 Å². The molecule has 175 valence electrons. The van der Waals surface area contributed by atoms with Crippen molar-refractivity contribution in [2.45, 2.75) is 3.36 Å². The summed E-state index contributed by atoms with van der Waals surface area (Å²) in [6.45, 7) is 0. The van der Waals surface area contributed by atoms with Crippen LogP contribution in [0.5, 0.6) is 34.5 Å². The molecule has 0 saturated heterocycles. The van der Waals surface area contributed by atoms with Gasteiger partial charge in [-0.05, 0) is 0 Å². The van der Waals surface area contributed by atoms with Gasteiger partial charge in [-0.1, -0.05) is 0 Å². The van der Waals surface area contributed by atoms with Crippen molar-refractivity contribution in [1.82, 2.24) is 0 Å². The number of methoxy groups -OCH3 is 6. The molecule has 0 aromatic heterocycles. The minimum atomic E-state index is -1.20. The van der Waals surface area contributed by atoms with Crippen LogP contribution >= 0.6 is 18.5 Å². The molecule has 8 heteroatoms.